The number of halogens is 3. The highest BCUT2D eigenvalue weighted by atomic mass is 19.1. The number of benzene rings is 2. The summed E-state index contributed by atoms with van der Waals surface area (Å²) in [5, 5.41) is 17.4. The number of rotatable bonds is 9. The number of aromatic nitrogens is 5. The first-order chi connectivity index (χ1) is 16.5. The summed E-state index contributed by atoms with van der Waals surface area (Å²) in [4.78, 5) is 14.4. The molecule has 0 fully saturated rings. The number of hydrogen-bond donors (Lipinski definition) is 2. The zero-order valence-electron chi connectivity index (χ0n) is 18.1. The van der Waals surface area contributed by atoms with Gasteiger partial charge in [0.05, 0.1) is 48.5 Å². The zero-order chi connectivity index (χ0) is 24.1. The Morgan fingerprint density at radius 1 is 1.15 bits per heavy atom. The molecule has 8 nitrogen and oxygen atoms in total. The van der Waals surface area contributed by atoms with Gasteiger partial charge >= 0.3 is 0 Å². The van der Waals surface area contributed by atoms with Gasteiger partial charge in [-0.1, -0.05) is 6.07 Å². The lowest BCUT2D eigenvalue weighted by molar-refractivity contribution is 0.0757. The lowest BCUT2D eigenvalue weighted by Crippen LogP contribution is -2.46. The van der Waals surface area contributed by atoms with E-state index in [1.807, 2.05) is 0 Å². The summed E-state index contributed by atoms with van der Waals surface area (Å²) < 4.78 is 47.7. The lowest BCUT2D eigenvalue weighted by atomic mass is 10.0. The Morgan fingerprint density at radius 3 is 2.59 bits per heavy atom. The van der Waals surface area contributed by atoms with Crippen molar-refractivity contribution in [2.45, 2.75) is 18.8 Å². The first-order valence-electron chi connectivity index (χ1n) is 10.3. The van der Waals surface area contributed by atoms with Gasteiger partial charge in [0.1, 0.15) is 17.8 Å². The van der Waals surface area contributed by atoms with E-state index in [0.29, 0.717) is 11.3 Å². The highest BCUT2D eigenvalue weighted by molar-refractivity contribution is 6.01. The van der Waals surface area contributed by atoms with Crippen LogP contribution in [0.1, 0.15) is 10.4 Å². The van der Waals surface area contributed by atoms with Crippen LogP contribution in [0.2, 0.25) is 0 Å². The predicted molar refractivity (Wildman–Crippen MR) is 117 cm³/mol. The number of ether oxygens (including phenoxy) is 1. The third-order valence-corrected chi connectivity index (χ3v) is 5.15. The molecular formula is C23H21F3N6O2. The van der Waals surface area contributed by atoms with Gasteiger partial charge in [0, 0.05) is 18.2 Å². The SMILES string of the molecule is COCC(F)[C@@H](Cn1nccn1)NC(=O)c1cccc(F)c1-c1cc(-c2ccc(F)cc2)n[nH]1. The van der Waals surface area contributed by atoms with Gasteiger partial charge in [-0.3, -0.25) is 9.89 Å². The Morgan fingerprint density at radius 2 is 1.88 bits per heavy atom. The van der Waals surface area contributed by atoms with Crippen molar-refractivity contribution in [2.75, 3.05) is 13.7 Å². The van der Waals surface area contributed by atoms with Gasteiger partial charge in [0.15, 0.2) is 0 Å². The molecule has 0 spiro atoms. The maximum Gasteiger partial charge on any atom is 0.252 e. The highest BCUT2D eigenvalue weighted by Gasteiger charge is 2.27. The number of hydrogen-bond acceptors (Lipinski definition) is 5. The van der Waals surface area contributed by atoms with Crippen molar-refractivity contribution in [3.05, 3.63) is 78.1 Å². The first-order valence-corrected chi connectivity index (χ1v) is 10.3. The number of methoxy groups -OCH3 is 1. The summed E-state index contributed by atoms with van der Waals surface area (Å²) in [6.45, 7) is -0.309. The minimum Gasteiger partial charge on any atom is -0.382 e. The molecule has 4 rings (SSSR count). The van der Waals surface area contributed by atoms with Gasteiger partial charge in [-0.2, -0.15) is 20.1 Å². The van der Waals surface area contributed by atoms with E-state index in [-0.39, 0.29) is 30.0 Å². The number of amides is 1. The molecule has 0 radical (unpaired) electrons. The van der Waals surface area contributed by atoms with E-state index in [9.17, 15) is 18.0 Å². The van der Waals surface area contributed by atoms with E-state index in [1.165, 1.54) is 66.8 Å². The van der Waals surface area contributed by atoms with Crippen LogP contribution >= 0.6 is 0 Å². The molecule has 0 bridgehead atoms. The molecule has 34 heavy (non-hydrogen) atoms. The first kappa shape index (κ1) is 23.2. The lowest BCUT2D eigenvalue weighted by Gasteiger charge is -2.22. The number of nitrogens with zero attached hydrogens (tertiary/aromatic N) is 4. The van der Waals surface area contributed by atoms with Crippen molar-refractivity contribution < 1.29 is 22.7 Å². The molecule has 1 unspecified atom stereocenters. The van der Waals surface area contributed by atoms with Crippen LogP contribution < -0.4 is 5.32 Å². The molecule has 2 N–H and O–H groups in total. The molecule has 2 atom stereocenters. The normalized spacial score (nSPS) is 12.9. The van der Waals surface area contributed by atoms with Crippen LogP contribution in [0.3, 0.4) is 0 Å². The number of carbonyl (C=O) groups is 1. The Hall–Kier alpha value is -3.99. The molecule has 2 aromatic heterocycles. The summed E-state index contributed by atoms with van der Waals surface area (Å²) in [7, 11) is 1.35. The van der Waals surface area contributed by atoms with E-state index in [2.05, 4.69) is 25.7 Å². The largest absolute Gasteiger partial charge is 0.382 e. The number of carbonyl (C=O) groups excluding carboxylic acids is 1. The quantitative estimate of drug-likeness (QED) is 0.391. The molecular weight excluding hydrogens is 449 g/mol. The summed E-state index contributed by atoms with van der Waals surface area (Å²) in [5.74, 6) is -1.75. The van der Waals surface area contributed by atoms with E-state index in [0.717, 1.165) is 0 Å². The number of aromatic amines is 1. The van der Waals surface area contributed by atoms with Crippen molar-refractivity contribution in [1.29, 1.82) is 0 Å². The van der Waals surface area contributed by atoms with Gasteiger partial charge in [0.25, 0.3) is 5.91 Å². The fraction of sp³-hybridized carbons (Fsp3) is 0.217. The smallest absolute Gasteiger partial charge is 0.252 e. The molecule has 0 aliphatic carbocycles. The van der Waals surface area contributed by atoms with Crippen molar-refractivity contribution in [2.24, 2.45) is 0 Å². The molecule has 0 saturated heterocycles. The van der Waals surface area contributed by atoms with Crippen LogP contribution in [0.5, 0.6) is 0 Å². The fourth-order valence-electron chi connectivity index (χ4n) is 3.49. The summed E-state index contributed by atoms with van der Waals surface area (Å²) >= 11 is 0. The van der Waals surface area contributed by atoms with Crippen LogP contribution in [0.25, 0.3) is 22.5 Å². The second kappa shape index (κ2) is 10.3. The van der Waals surface area contributed by atoms with Crippen LogP contribution in [0.4, 0.5) is 13.2 Å². The molecule has 2 heterocycles. The van der Waals surface area contributed by atoms with E-state index in [4.69, 9.17) is 4.74 Å². The fourth-order valence-corrected chi connectivity index (χ4v) is 3.49. The topological polar surface area (TPSA) is 97.7 Å². The number of H-pyrrole nitrogens is 1. The molecule has 0 aliphatic rings. The second-order valence-electron chi connectivity index (χ2n) is 7.47. The molecule has 0 saturated carbocycles. The Bertz CT molecular complexity index is 1240. The minimum atomic E-state index is -1.56. The molecule has 176 valence electrons. The van der Waals surface area contributed by atoms with Gasteiger partial charge in [-0.15, -0.1) is 0 Å². The summed E-state index contributed by atoms with van der Waals surface area (Å²) in [5.41, 5.74) is 1.24. The van der Waals surface area contributed by atoms with E-state index < -0.39 is 29.8 Å². The standard InChI is InChI=1S/C23H21F3N6O2/c1-34-13-18(26)21(12-32-27-9-10-28-32)29-23(33)16-3-2-4-17(25)22(16)20-11-19(30-31-20)14-5-7-15(24)8-6-14/h2-11,18,21H,12-13H2,1H3,(H,29,33)(H,30,31)/t18?,21-/m1/s1. The minimum absolute atomic E-state index is 0.0163. The van der Waals surface area contributed by atoms with Crippen molar-refractivity contribution in [1.82, 2.24) is 30.5 Å². The maximum atomic E-state index is 14.9. The second-order valence-corrected chi connectivity index (χ2v) is 7.47. The van der Waals surface area contributed by atoms with Crippen molar-refractivity contribution in [3.8, 4) is 22.5 Å². The monoisotopic (exact) mass is 470 g/mol. The number of alkyl halides is 1. The Balaban J connectivity index is 1.63. The molecule has 2 aromatic carbocycles. The highest BCUT2D eigenvalue weighted by Crippen LogP contribution is 2.29. The van der Waals surface area contributed by atoms with Gasteiger partial charge in [0.2, 0.25) is 0 Å². The van der Waals surface area contributed by atoms with Gasteiger partial charge < -0.3 is 10.1 Å². The Labute approximate surface area is 192 Å². The van der Waals surface area contributed by atoms with E-state index in [1.54, 1.807) is 6.07 Å². The summed E-state index contributed by atoms with van der Waals surface area (Å²) in [6.07, 6.45) is 1.31. The Kier molecular flexibility index (Phi) is 7.02. The predicted octanol–water partition coefficient (Wildman–Crippen LogP) is 3.40. The molecule has 1 amide bonds. The van der Waals surface area contributed by atoms with Crippen LogP contribution in [-0.4, -0.2) is 57.0 Å². The van der Waals surface area contributed by atoms with Crippen LogP contribution in [-0.2, 0) is 11.3 Å². The number of nitrogens with one attached hydrogen (secondary N) is 2. The third kappa shape index (κ3) is 5.15. The molecule has 4 aromatic rings. The van der Waals surface area contributed by atoms with Crippen molar-refractivity contribution >= 4 is 5.91 Å². The maximum absolute atomic E-state index is 14.9. The van der Waals surface area contributed by atoms with E-state index >= 15 is 0 Å². The van der Waals surface area contributed by atoms with Crippen molar-refractivity contribution in [3.63, 3.8) is 0 Å². The van der Waals surface area contributed by atoms with Gasteiger partial charge in [-0.05, 0) is 42.5 Å². The third-order valence-electron chi connectivity index (χ3n) is 5.15. The zero-order valence-corrected chi connectivity index (χ0v) is 18.1. The summed E-state index contributed by atoms with van der Waals surface area (Å²) in [6, 6.07) is 10.2. The average Bonchev–Trinajstić information content (AvgIpc) is 3.51. The van der Waals surface area contributed by atoms with Crippen LogP contribution in [0, 0.1) is 11.6 Å². The average molecular weight is 470 g/mol. The van der Waals surface area contributed by atoms with Gasteiger partial charge in [-0.25, -0.2) is 13.2 Å². The molecule has 11 heteroatoms. The van der Waals surface area contributed by atoms with Crippen LogP contribution in [0.15, 0.2) is 60.9 Å². The molecule has 0 aliphatic heterocycles.